The summed E-state index contributed by atoms with van der Waals surface area (Å²) in [5.74, 6) is -0.599. The van der Waals surface area contributed by atoms with Crippen molar-refractivity contribution in [2.45, 2.75) is 180 Å². The van der Waals surface area contributed by atoms with Gasteiger partial charge in [-0.15, -0.1) is 0 Å². The average Bonchev–Trinajstić information content (AvgIpc) is 2.94. The Bertz CT molecular complexity index is 560. The predicted molar refractivity (Wildman–Crippen MR) is 164 cm³/mol. The number of aliphatic hydroxyl groups excluding tert-OH is 1. The summed E-state index contributed by atoms with van der Waals surface area (Å²) in [6, 6.07) is 0. The van der Waals surface area contributed by atoms with Crippen molar-refractivity contribution in [3.63, 3.8) is 0 Å². The van der Waals surface area contributed by atoms with Crippen LogP contribution >= 0.6 is 0 Å². The molecule has 0 saturated heterocycles. The van der Waals surface area contributed by atoms with Gasteiger partial charge in [-0.25, -0.2) is 0 Å². The molecule has 0 spiro atoms. The molecule has 39 heavy (non-hydrogen) atoms. The van der Waals surface area contributed by atoms with Gasteiger partial charge in [0.2, 0.25) is 0 Å². The molecule has 0 aliphatic carbocycles. The van der Waals surface area contributed by atoms with Crippen LogP contribution in [0.5, 0.6) is 0 Å². The summed E-state index contributed by atoms with van der Waals surface area (Å²) in [4.78, 5) is 24.0. The first kappa shape index (κ1) is 37.6. The van der Waals surface area contributed by atoms with Gasteiger partial charge in [-0.05, 0) is 38.5 Å². The van der Waals surface area contributed by atoms with Crippen molar-refractivity contribution in [1.82, 2.24) is 0 Å². The number of aliphatic hydroxyl groups is 1. The summed E-state index contributed by atoms with van der Waals surface area (Å²) in [5, 5.41) is 9.46. The molecule has 0 fully saturated rings. The summed E-state index contributed by atoms with van der Waals surface area (Å²) in [7, 11) is 0. The minimum absolute atomic E-state index is 0.0636. The predicted octanol–water partition coefficient (Wildman–Crippen LogP) is 9.78. The van der Waals surface area contributed by atoms with E-state index >= 15 is 0 Å². The maximum absolute atomic E-state index is 12.1. The van der Waals surface area contributed by atoms with Crippen molar-refractivity contribution in [1.29, 1.82) is 0 Å². The molecule has 0 aliphatic heterocycles. The number of ether oxygens (including phenoxy) is 2. The molecule has 0 aromatic heterocycles. The topological polar surface area (TPSA) is 72.8 Å². The number of hydrogen-bond donors (Lipinski definition) is 1. The lowest BCUT2D eigenvalue weighted by atomic mass is 10.1. The van der Waals surface area contributed by atoms with Gasteiger partial charge in [0.15, 0.2) is 6.10 Å². The zero-order valence-electron chi connectivity index (χ0n) is 25.9. The van der Waals surface area contributed by atoms with Crippen LogP contribution in [-0.2, 0) is 19.1 Å². The Morgan fingerprint density at radius 2 is 0.949 bits per heavy atom. The van der Waals surface area contributed by atoms with Crippen LogP contribution in [0, 0.1) is 0 Å². The van der Waals surface area contributed by atoms with Crippen LogP contribution in [0.1, 0.15) is 174 Å². The van der Waals surface area contributed by atoms with Gasteiger partial charge in [0.1, 0.15) is 6.61 Å². The fourth-order valence-electron chi connectivity index (χ4n) is 4.72. The van der Waals surface area contributed by atoms with E-state index in [4.69, 9.17) is 9.47 Å². The molecule has 0 bridgehead atoms. The first-order valence-electron chi connectivity index (χ1n) is 16.7. The van der Waals surface area contributed by atoms with Crippen LogP contribution in [0.25, 0.3) is 0 Å². The number of rotatable bonds is 30. The Morgan fingerprint density at radius 1 is 0.564 bits per heavy atom. The summed E-state index contributed by atoms with van der Waals surface area (Å²) in [6.07, 6.45) is 32.8. The number of allylic oxidation sites excluding steroid dienone is 2. The SMILES string of the molecule is CCCCCCCCC/C=C\CCCCCCCCCC(=O)OC(CO)COC(=O)CCCCCCCCC. The zero-order chi connectivity index (χ0) is 28.7. The van der Waals surface area contributed by atoms with Crippen LogP contribution in [0.4, 0.5) is 0 Å². The number of esters is 2. The molecule has 1 atom stereocenters. The van der Waals surface area contributed by atoms with Crippen molar-refractivity contribution < 1.29 is 24.2 Å². The van der Waals surface area contributed by atoms with Gasteiger partial charge >= 0.3 is 11.9 Å². The fraction of sp³-hybridized carbons (Fsp3) is 0.882. The lowest BCUT2D eigenvalue weighted by molar-refractivity contribution is -0.161. The highest BCUT2D eigenvalue weighted by molar-refractivity contribution is 5.70. The molecule has 0 saturated carbocycles. The van der Waals surface area contributed by atoms with Crippen LogP contribution in [0.2, 0.25) is 0 Å². The van der Waals surface area contributed by atoms with E-state index in [1.807, 2.05) is 0 Å². The molecule has 1 unspecified atom stereocenters. The Balaban J connectivity index is 3.53. The minimum Gasteiger partial charge on any atom is -0.462 e. The smallest absolute Gasteiger partial charge is 0.306 e. The number of carbonyl (C=O) groups is 2. The highest BCUT2D eigenvalue weighted by Gasteiger charge is 2.16. The first-order chi connectivity index (χ1) is 19.1. The summed E-state index contributed by atoms with van der Waals surface area (Å²) >= 11 is 0. The number of carbonyl (C=O) groups excluding carboxylic acids is 2. The number of hydrogen-bond acceptors (Lipinski definition) is 5. The fourth-order valence-corrected chi connectivity index (χ4v) is 4.72. The third kappa shape index (κ3) is 29.4. The second kappa shape index (κ2) is 31.2. The van der Waals surface area contributed by atoms with Crippen LogP contribution in [0.15, 0.2) is 12.2 Å². The minimum atomic E-state index is -0.764. The van der Waals surface area contributed by atoms with E-state index in [1.165, 1.54) is 109 Å². The molecule has 5 heteroatoms. The van der Waals surface area contributed by atoms with E-state index in [-0.39, 0.29) is 25.2 Å². The van der Waals surface area contributed by atoms with E-state index in [0.717, 1.165) is 38.5 Å². The molecular weight excluding hydrogens is 488 g/mol. The van der Waals surface area contributed by atoms with Crippen LogP contribution in [-0.4, -0.2) is 36.4 Å². The van der Waals surface area contributed by atoms with E-state index in [9.17, 15) is 14.7 Å². The molecule has 0 rings (SSSR count). The monoisotopic (exact) mass is 552 g/mol. The molecule has 0 aliphatic rings. The first-order valence-corrected chi connectivity index (χ1v) is 16.7. The number of unbranched alkanes of at least 4 members (excludes halogenated alkanes) is 20. The third-order valence-electron chi connectivity index (χ3n) is 7.31. The normalized spacial score (nSPS) is 12.2. The van der Waals surface area contributed by atoms with Gasteiger partial charge in [0.25, 0.3) is 0 Å². The van der Waals surface area contributed by atoms with Crippen LogP contribution in [0.3, 0.4) is 0 Å². The Kier molecular flexibility index (Phi) is 30.1. The summed E-state index contributed by atoms with van der Waals surface area (Å²) < 4.78 is 10.5. The summed E-state index contributed by atoms with van der Waals surface area (Å²) in [6.45, 7) is 4.08. The van der Waals surface area contributed by atoms with Gasteiger partial charge in [-0.3, -0.25) is 9.59 Å². The van der Waals surface area contributed by atoms with E-state index in [0.29, 0.717) is 12.8 Å². The van der Waals surface area contributed by atoms with Crippen LogP contribution < -0.4 is 0 Å². The maximum atomic E-state index is 12.1. The molecule has 0 amide bonds. The van der Waals surface area contributed by atoms with Gasteiger partial charge in [0, 0.05) is 12.8 Å². The van der Waals surface area contributed by atoms with Crippen molar-refractivity contribution >= 4 is 11.9 Å². The lowest BCUT2D eigenvalue weighted by Gasteiger charge is -2.15. The highest BCUT2D eigenvalue weighted by Crippen LogP contribution is 2.13. The lowest BCUT2D eigenvalue weighted by Crippen LogP contribution is -2.28. The molecule has 0 heterocycles. The molecule has 5 nitrogen and oxygen atoms in total. The second-order valence-electron chi connectivity index (χ2n) is 11.2. The Labute approximate surface area is 241 Å². The second-order valence-corrected chi connectivity index (χ2v) is 11.2. The molecule has 230 valence electrons. The van der Waals surface area contributed by atoms with Gasteiger partial charge in [0.05, 0.1) is 6.61 Å². The molecule has 0 aromatic carbocycles. The van der Waals surface area contributed by atoms with E-state index < -0.39 is 6.10 Å². The standard InChI is InChI=1S/C34H64O5/c1-3-5-7-9-11-12-13-14-15-16-17-18-19-20-21-23-25-27-29-34(37)39-32(30-35)31-38-33(36)28-26-24-22-10-8-6-4-2/h15-16,32,35H,3-14,17-31H2,1-2H3/b16-15-. The van der Waals surface area contributed by atoms with Crippen molar-refractivity contribution in [3.8, 4) is 0 Å². The largest absolute Gasteiger partial charge is 0.462 e. The van der Waals surface area contributed by atoms with E-state index in [2.05, 4.69) is 26.0 Å². The zero-order valence-corrected chi connectivity index (χ0v) is 25.9. The molecular formula is C34H64O5. The maximum Gasteiger partial charge on any atom is 0.306 e. The van der Waals surface area contributed by atoms with Gasteiger partial charge < -0.3 is 14.6 Å². The molecule has 0 radical (unpaired) electrons. The van der Waals surface area contributed by atoms with Crippen molar-refractivity contribution in [3.05, 3.63) is 12.2 Å². The van der Waals surface area contributed by atoms with Gasteiger partial charge in [-0.1, -0.05) is 135 Å². The molecule has 1 N–H and O–H groups in total. The van der Waals surface area contributed by atoms with Gasteiger partial charge in [-0.2, -0.15) is 0 Å². The highest BCUT2D eigenvalue weighted by atomic mass is 16.6. The third-order valence-corrected chi connectivity index (χ3v) is 7.31. The van der Waals surface area contributed by atoms with E-state index in [1.54, 1.807) is 0 Å². The average molecular weight is 553 g/mol. The summed E-state index contributed by atoms with van der Waals surface area (Å²) in [5.41, 5.74) is 0. The van der Waals surface area contributed by atoms with Crippen molar-refractivity contribution in [2.24, 2.45) is 0 Å². The Morgan fingerprint density at radius 3 is 1.38 bits per heavy atom. The Hall–Kier alpha value is -1.36. The van der Waals surface area contributed by atoms with Crippen molar-refractivity contribution in [2.75, 3.05) is 13.2 Å². The molecule has 0 aromatic rings. The quantitative estimate of drug-likeness (QED) is 0.0545.